The maximum absolute atomic E-state index is 12.5. The molecule has 1 aromatic rings. The Balaban J connectivity index is 3.29. The lowest BCUT2D eigenvalue weighted by Crippen LogP contribution is -2.45. The molecule has 108 valence electrons. The van der Waals surface area contributed by atoms with Gasteiger partial charge in [-0.05, 0) is 47.8 Å². The molecular formula is C12H18Br2N2O2S. The molecule has 0 saturated carbocycles. The van der Waals surface area contributed by atoms with E-state index in [-0.39, 0.29) is 10.6 Å². The van der Waals surface area contributed by atoms with Gasteiger partial charge < -0.3 is 5.73 Å². The molecule has 0 radical (unpaired) electrons. The van der Waals surface area contributed by atoms with E-state index in [0.717, 1.165) is 4.47 Å². The van der Waals surface area contributed by atoms with Crippen LogP contribution in [0, 0.1) is 0 Å². The summed E-state index contributed by atoms with van der Waals surface area (Å²) in [5.74, 6) is 0. The number of nitrogens with two attached hydrogens (primary N) is 1. The Kier molecular flexibility index (Phi) is 5.45. The number of sulfonamides is 1. The van der Waals surface area contributed by atoms with E-state index < -0.39 is 15.6 Å². The maximum atomic E-state index is 12.5. The Morgan fingerprint density at radius 3 is 2.21 bits per heavy atom. The number of nitrogens with one attached hydrogen (secondary N) is 1. The predicted octanol–water partition coefficient (Wildman–Crippen LogP) is 3.65. The molecule has 0 bridgehead atoms. The molecule has 0 aliphatic heterocycles. The second-order valence-corrected chi connectivity index (χ2v) is 8.07. The van der Waals surface area contributed by atoms with E-state index in [1.54, 1.807) is 12.1 Å². The lowest BCUT2D eigenvalue weighted by atomic mass is 9.98. The van der Waals surface area contributed by atoms with Crippen LogP contribution < -0.4 is 10.5 Å². The van der Waals surface area contributed by atoms with Gasteiger partial charge in [0.25, 0.3) is 0 Å². The largest absolute Gasteiger partial charge is 0.398 e. The standard InChI is InChI=1S/C12H18Br2N2O2S/c1-4-12(3,5-2)16-19(17,18)11-9(14)6-8(13)7-10(11)15/h6-7,16H,4-5,15H2,1-3H3. The molecule has 4 nitrogen and oxygen atoms in total. The van der Waals surface area contributed by atoms with Crippen LogP contribution in [0.4, 0.5) is 5.69 Å². The van der Waals surface area contributed by atoms with Crippen molar-refractivity contribution in [1.82, 2.24) is 4.72 Å². The Labute approximate surface area is 131 Å². The van der Waals surface area contributed by atoms with E-state index in [1.165, 1.54) is 0 Å². The van der Waals surface area contributed by atoms with Crippen LogP contribution in [0.5, 0.6) is 0 Å². The van der Waals surface area contributed by atoms with E-state index >= 15 is 0 Å². The first-order chi connectivity index (χ1) is 8.65. The number of nitrogen functional groups attached to an aromatic ring is 1. The molecule has 0 saturated heterocycles. The van der Waals surface area contributed by atoms with Gasteiger partial charge in [0.2, 0.25) is 10.0 Å². The monoisotopic (exact) mass is 412 g/mol. The van der Waals surface area contributed by atoms with Crippen molar-refractivity contribution < 1.29 is 8.42 Å². The highest BCUT2D eigenvalue weighted by atomic mass is 79.9. The summed E-state index contributed by atoms with van der Waals surface area (Å²) in [6.07, 6.45) is 1.41. The third kappa shape index (κ3) is 3.93. The third-order valence-electron chi connectivity index (χ3n) is 3.25. The fourth-order valence-electron chi connectivity index (χ4n) is 1.63. The molecule has 0 amide bonds. The molecule has 19 heavy (non-hydrogen) atoms. The number of benzene rings is 1. The summed E-state index contributed by atoms with van der Waals surface area (Å²) in [7, 11) is -3.66. The van der Waals surface area contributed by atoms with Crippen molar-refractivity contribution in [3.8, 4) is 0 Å². The van der Waals surface area contributed by atoms with Crippen LogP contribution in [-0.4, -0.2) is 14.0 Å². The van der Waals surface area contributed by atoms with E-state index in [2.05, 4.69) is 36.6 Å². The summed E-state index contributed by atoms with van der Waals surface area (Å²) in [6.45, 7) is 5.78. The van der Waals surface area contributed by atoms with Gasteiger partial charge in [0.15, 0.2) is 0 Å². The van der Waals surface area contributed by atoms with Crippen molar-refractivity contribution in [1.29, 1.82) is 0 Å². The third-order valence-corrected chi connectivity index (χ3v) is 6.35. The normalized spacial score (nSPS) is 12.7. The van der Waals surface area contributed by atoms with Gasteiger partial charge in [0, 0.05) is 14.5 Å². The van der Waals surface area contributed by atoms with Gasteiger partial charge in [-0.25, -0.2) is 13.1 Å². The fourth-order valence-corrected chi connectivity index (χ4v) is 5.26. The van der Waals surface area contributed by atoms with Crippen LogP contribution in [0.3, 0.4) is 0 Å². The zero-order valence-electron chi connectivity index (χ0n) is 11.1. The number of hydrogen-bond donors (Lipinski definition) is 2. The number of rotatable bonds is 5. The van der Waals surface area contributed by atoms with Gasteiger partial charge in [-0.1, -0.05) is 29.8 Å². The number of anilines is 1. The molecule has 0 heterocycles. The smallest absolute Gasteiger partial charge is 0.244 e. The molecule has 0 spiro atoms. The zero-order valence-corrected chi connectivity index (χ0v) is 15.1. The van der Waals surface area contributed by atoms with Gasteiger partial charge in [0.05, 0.1) is 5.69 Å². The van der Waals surface area contributed by atoms with Gasteiger partial charge in [-0.15, -0.1) is 0 Å². The first-order valence-electron chi connectivity index (χ1n) is 5.93. The van der Waals surface area contributed by atoms with E-state index in [0.29, 0.717) is 17.3 Å². The molecule has 1 aromatic carbocycles. The maximum Gasteiger partial charge on any atom is 0.244 e. The van der Waals surface area contributed by atoms with Crippen LogP contribution in [0.25, 0.3) is 0 Å². The Bertz CT molecular complexity index is 546. The molecule has 0 unspecified atom stereocenters. The van der Waals surface area contributed by atoms with Crippen molar-refractivity contribution in [2.24, 2.45) is 0 Å². The van der Waals surface area contributed by atoms with Gasteiger partial charge >= 0.3 is 0 Å². The van der Waals surface area contributed by atoms with Crippen molar-refractivity contribution in [3.63, 3.8) is 0 Å². The summed E-state index contributed by atoms with van der Waals surface area (Å²) in [6, 6.07) is 3.24. The van der Waals surface area contributed by atoms with E-state index in [9.17, 15) is 8.42 Å². The second kappa shape index (κ2) is 6.11. The van der Waals surface area contributed by atoms with Crippen LogP contribution in [0.2, 0.25) is 0 Å². The van der Waals surface area contributed by atoms with Crippen LogP contribution in [0.1, 0.15) is 33.6 Å². The molecule has 0 fully saturated rings. The van der Waals surface area contributed by atoms with Crippen molar-refractivity contribution >= 4 is 47.6 Å². The Morgan fingerprint density at radius 2 is 1.79 bits per heavy atom. The summed E-state index contributed by atoms with van der Waals surface area (Å²) in [4.78, 5) is 0.0869. The lowest BCUT2D eigenvalue weighted by molar-refractivity contribution is 0.388. The van der Waals surface area contributed by atoms with Crippen LogP contribution in [0.15, 0.2) is 26.0 Å². The van der Waals surface area contributed by atoms with E-state index in [4.69, 9.17) is 5.73 Å². The first-order valence-corrected chi connectivity index (χ1v) is 9.00. The first kappa shape index (κ1) is 16.9. The van der Waals surface area contributed by atoms with Crippen LogP contribution >= 0.6 is 31.9 Å². The Morgan fingerprint density at radius 1 is 1.26 bits per heavy atom. The lowest BCUT2D eigenvalue weighted by Gasteiger charge is -2.28. The quantitative estimate of drug-likeness (QED) is 0.723. The zero-order chi connectivity index (χ0) is 14.8. The molecule has 0 atom stereocenters. The molecular weight excluding hydrogens is 396 g/mol. The topological polar surface area (TPSA) is 72.2 Å². The number of hydrogen-bond acceptors (Lipinski definition) is 3. The Hall–Kier alpha value is -0.110. The molecule has 3 N–H and O–H groups in total. The van der Waals surface area contributed by atoms with Crippen molar-refractivity contribution in [2.45, 2.75) is 44.0 Å². The van der Waals surface area contributed by atoms with Gasteiger partial charge in [-0.2, -0.15) is 0 Å². The van der Waals surface area contributed by atoms with E-state index in [1.807, 2.05) is 20.8 Å². The molecule has 0 aliphatic carbocycles. The highest BCUT2D eigenvalue weighted by Crippen LogP contribution is 2.32. The van der Waals surface area contributed by atoms with Crippen molar-refractivity contribution in [3.05, 3.63) is 21.1 Å². The minimum absolute atomic E-state index is 0.0869. The second-order valence-electron chi connectivity index (χ2n) is 4.68. The minimum atomic E-state index is -3.66. The minimum Gasteiger partial charge on any atom is -0.398 e. The fraction of sp³-hybridized carbons (Fsp3) is 0.500. The number of halogens is 2. The highest BCUT2D eigenvalue weighted by molar-refractivity contribution is 9.11. The SMILES string of the molecule is CCC(C)(CC)NS(=O)(=O)c1c(N)cc(Br)cc1Br. The average molecular weight is 414 g/mol. The summed E-state index contributed by atoms with van der Waals surface area (Å²) < 4.78 is 28.9. The van der Waals surface area contributed by atoms with Gasteiger partial charge in [-0.3, -0.25) is 0 Å². The summed E-state index contributed by atoms with van der Waals surface area (Å²) in [5, 5.41) is 0. The molecule has 1 rings (SSSR count). The molecule has 0 aromatic heterocycles. The van der Waals surface area contributed by atoms with Crippen LogP contribution in [-0.2, 0) is 10.0 Å². The predicted molar refractivity (Wildman–Crippen MR) is 85.6 cm³/mol. The molecule has 7 heteroatoms. The summed E-state index contributed by atoms with van der Waals surface area (Å²) in [5.41, 5.74) is 5.57. The van der Waals surface area contributed by atoms with Crippen molar-refractivity contribution in [2.75, 3.05) is 5.73 Å². The summed E-state index contributed by atoms with van der Waals surface area (Å²) >= 11 is 6.53. The average Bonchev–Trinajstić information content (AvgIpc) is 2.26. The highest BCUT2D eigenvalue weighted by Gasteiger charge is 2.30. The van der Waals surface area contributed by atoms with Gasteiger partial charge in [0.1, 0.15) is 4.90 Å². The molecule has 0 aliphatic rings.